The smallest absolute Gasteiger partial charge is 0.443 e. The predicted octanol–water partition coefficient (Wildman–Crippen LogP) is 3.47. The molecule has 0 rings (SSSR count). The molecule has 0 saturated carbocycles. The number of hydrogen-bond acceptors (Lipinski definition) is 5. The van der Waals surface area contributed by atoms with E-state index in [9.17, 15) is 39.9 Å². The highest BCUT2D eigenvalue weighted by atomic mass is 28.4. The molecule has 0 unspecified atom stereocenters. The molecule has 0 radical (unpaired) electrons. The molecule has 0 aromatic rings. The van der Waals surface area contributed by atoms with Crippen LogP contribution in [0.4, 0.5) is 39.9 Å². The lowest BCUT2D eigenvalue weighted by Crippen LogP contribution is -2.60. The zero-order valence-electron chi connectivity index (χ0n) is 15.2. The molecule has 28 heavy (non-hydrogen) atoms. The first-order valence-corrected chi connectivity index (χ1v) is 9.90. The number of alkyl carbamates (subject to hydrolysis) is 1. The summed E-state index contributed by atoms with van der Waals surface area (Å²) in [6.45, 7) is 2.43. The molecule has 0 aliphatic carbocycles. The van der Waals surface area contributed by atoms with Crippen molar-refractivity contribution < 1.29 is 57.9 Å². The molecule has 0 atom stereocenters. The van der Waals surface area contributed by atoms with Crippen LogP contribution in [-0.4, -0.2) is 71.7 Å². The molecule has 0 aliphatic heterocycles. The van der Waals surface area contributed by atoms with Gasteiger partial charge < -0.3 is 23.3 Å². The van der Waals surface area contributed by atoms with Gasteiger partial charge >= 0.3 is 39.1 Å². The average molecular weight is 451 g/mol. The number of halogens is 8. The molecule has 0 spiro atoms. The summed E-state index contributed by atoms with van der Waals surface area (Å²) >= 11 is 0. The predicted molar refractivity (Wildman–Crippen MR) is 80.8 cm³/mol. The van der Waals surface area contributed by atoms with Crippen molar-refractivity contribution in [1.82, 2.24) is 5.32 Å². The largest absolute Gasteiger partial charge is 0.521 e. The van der Waals surface area contributed by atoms with Gasteiger partial charge in [0.2, 0.25) is 0 Å². The standard InChI is InChI=1S/C13H21F8NO5Si/c1-4-25-28(26-5-2,27-6-3)8-22-10(23)24-7-11(16,17)13(20,21)12(18,19)9(14)15/h9H,4-8H2,1-3H3,(H,22,23). The Bertz CT molecular complexity index is 481. The Balaban J connectivity index is 5.00. The third kappa shape index (κ3) is 6.42. The summed E-state index contributed by atoms with van der Waals surface area (Å²) in [6.07, 6.45) is -7.28. The van der Waals surface area contributed by atoms with E-state index in [1.807, 2.05) is 5.32 Å². The van der Waals surface area contributed by atoms with E-state index in [-0.39, 0.29) is 19.8 Å². The molecule has 0 fully saturated rings. The molecule has 0 saturated heterocycles. The van der Waals surface area contributed by atoms with E-state index in [0.29, 0.717) is 0 Å². The Morgan fingerprint density at radius 3 is 1.71 bits per heavy atom. The van der Waals surface area contributed by atoms with Gasteiger partial charge in [0.25, 0.3) is 0 Å². The maximum Gasteiger partial charge on any atom is 0.521 e. The Hall–Kier alpha value is -1.19. The molecule has 0 aromatic carbocycles. The van der Waals surface area contributed by atoms with Crippen LogP contribution in [0.25, 0.3) is 0 Å². The van der Waals surface area contributed by atoms with Gasteiger partial charge in [0.15, 0.2) is 6.61 Å². The van der Waals surface area contributed by atoms with Crippen LogP contribution in [-0.2, 0) is 18.0 Å². The summed E-state index contributed by atoms with van der Waals surface area (Å²) in [5.74, 6) is -18.6. The lowest BCUT2D eigenvalue weighted by Gasteiger charge is -2.32. The Kier molecular flexibility index (Phi) is 10.1. The van der Waals surface area contributed by atoms with Gasteiger partial charge in [-0.1, -0.05) is 0 Å². The topological polar surface area (TPSA) is 66.0 Å². The summed E-state index contributed by atoms with van der Waals surface area (Å²) in [7, 11) is -3.48. The van der Waals surface area contributed by atoms with Crippen molar-refractivity contribution in [2.75, 3.05) is 32.6 Å². The van der Waals surface area contributed by atoms with Gasteiger partial charge in [-0.3, -0.25) is 0 Å². The number of ether oxygens (including phenoxy) is 1. The number of carbonyl (C=O) groups excluding carboxylic acids is 1. The molecular weight excluding hydrogens is 430 g/mol. The highest BCUT2D eigenvalue weighted by Gasteiger charge is 2.75. The molecule has 1 amide bonds. The number of nitrogens with one attached hydrogen (secondary N) is 1. The second kappa shape index (κ2) is 10.5. The first-order chi connectivity index (χ1) is 12.7. The van der Waals surface area contributed by atoms with E-state index >= 15 is 0 Å². The fraction of sp³-hybridized carbons (Fsp3) is 0.923. The van der Waals surface area contributed by atoms with Gasteiger partial charge in [-0.2, -0.15) is 26.3 Å². The number of hydrogen-bond donors (Lipinski definition) is 1. The molecule has 15 heteroatoms. The monoisotopic (exact) mass is 451 g/mol. The third-order valence-electron chi connectivity index (χ3n) is 3.08. The van der Waals surface area contributed by atoms with Crippen LogP contribution in [0.5, 0.6) is 0 Å². The SMILES string of the molecule is CCO[Si](CNC(=O)OCC(F)(F)C(F)(F)C(F)(F)C(F)F)(OCC)OCC. The molecular formula is C13H21F8NO5Si. The van der Waals surface area contributed by atoms with Crippen LogP contribution in [0.1, 0.15) is 20.8 Å². The van der Waals surface area contributed by atoms with Gasteiger partial charge in [0.05, 0.1) is 6.17 Å². The van der Waals surface area contributed by atoms with Crippen LogP contribution in [0.3, 0.4) is 0 Å². The van der Waals surface area contributed by atoms with Crippen molar-refractivity contribution in [1.29, 1.82) is 0 Å². The summed E-state index contributed by atoms with van der Waals surface area (Å²) < 4.78 is 122. The van der Waals surface area contributed by atoms with Gasteiger partial charge in [-0.05, 0) is 20.8 Å². The van der Waals surface area contributed by atoms with E-state index in [2.05, 4.69) is 4.74 Å². The quantitative estimate of drug-likeness (QED) is 0.343. The van der Waals surface area contributed by atoms with E-state index in [4.69, 9.17) is 13.3 Å². The van der Waals surface area contributed by atoms with Crippen molar-refractivity contribution in [2.24, 2.45) is 0 Å². The minimum Gasteiger partial charge on any atom is -0.443 e. The second-order valence-electron chi connectivity index (χ2n) is 5.11. The normalized spacial score (nSPS) is 13.7. The van der Waals surface area contributed by atoms with Crippen LogP contribution in [0.15, 0.2) is 0 Å². The molecule has 168 valence electrons. The van der Waals surface area contributed by atoms with Crippen LogP contribution in [0.2, 0.25) is 0 Å². The summed E-state index contributed by atoms with van der Waals surface area (Å²) in [6, 6.07) is 0. The van der Waals surface area contributed by atoms with Gasteiger partial charge in [-0.15, -0.1) is 0 Å². The first kappa shape index (κ1) is 26.8. The Morgan fingerprint density at radius 1 is 0.929 bits per heavy atom. The molecule has 0 aliphatic rings. The molecule has 0 aromatic heterocycles. The first-order valence-electron chi connectivity index (χ1n) is 7.97. The number of carbonyl (C=O) groups is 1. The van der Waals surface area contributed by atoms with Crippen molar-refractivity contribution in [3.05, 3.63) is 0 Å². The van der Waals surface area contributed by atoms with E-state index < -0.39 is 51.9 Å². The van der Waals surface area contributed by atoms with E-state index in [0.717, 1.165) is 0 Å². The number of alkyl halides is 8. The third-order valence-corrected chi connectivity index (χ3v) is 5.87. The number of amides is 1. The van der Waals surface area contributed by atoms with Gasteiger partial charge in [0, 0.05) is 19.8 Å². The maximum atomic E-state index is 13.3. The Labute approximate surface area is 156 Å². The molecule has 0 bridgehead atoms. The number of rotatable bonds is 13. The lowest BCUT2D eigenvalue weighted by molar-refractivity contribution is -0.343. The van der Waals surface area contributed by atoms with Gasteiger partial charge in [-0.25, -0.2) is 13.6 Å². The Morgan fingerprint density at radius 2 is 1.36 bits per heavy atom. The van der Waals surface area contributed by atoms with Crippen molar-refractivity contribution >= 4 is 14.9 Å². The second-order valence-corrected chi connectivity index (χ2v) is 7.70. The van der Waals surface area contributed by atoms with Crippen molar-refractivity contribution in [2.45, 2.75) is 45.0 Å². The zero-order valence-corrected chi connectivity index (χ0v) is 16.2. The summed E-state index contributed by atoms with van der Waals surface area (Å²) in [4.78, 5) is 11.5. The van der Waals surface area contributed by atoms with Crippen molar-refractivity contribution in [3.8, 4) is 0 Å². The van der Waals surface area contributed by atoms with Crippen molar-refractivity contribution in [3.63, 3.8) is 0 Å². The molecule has 0 heterocycles. The van der Waals surface area contributed by atoms with E-state index in [1.165, 1.54) is 0 Å². The van der Waals surface area contributed by atoms with Crippen LogP contribution >= 0.6 is 0 Å². The van der Waals surface area contributed by atoms with Crippen LogP contribution < -0.4 is 5.32 Å². The minimum atomic E-state index is -6.46. The molecule has 1 N–H and O–H groups in total. The fourth-order valence-corrected chi connectivity index (χ4v) is 4.03. The minimum absolute atomic E-state index is 0.0932. The highest BCUT2D eigenvalue weighted by molar-refractivity contribution is 6.61. The lowest BCUT2D eigenvalue weighted by atomic mass is 10.1. The zero-order chi connectivity index (χ0) is 22.2. The highest BCUT2D eigenvalue weighted by Crippen LogP contribution is 2.48. The van der Waals surface area contributed by atoms with Crippen LogP contribution in [0, 0.1) is 0 Å². The average Bonchev–Trinajstić information content (AvgIpc) is 2.58. The van der Waals surface area contributed by atoms with E-state index in [1.54, 1.807) is 20.8 Å². The van der Waals surface area contributed by atoms with Gasteiger partial charge in [0.1, 0.15) is 0 Å². The maximum absolute atomic E-state index is 13.3. The summed E-state index contributed by atoms with van der Waals surface area (Å²) in [5.41, 5.74) is 0. The molecule has 6 nitrogen and oxygen atoms in total. The summed E-state index contributed by atoms with van der Waals surface area (Å²) in [5, 5.41) is 1.88. The fourth-order valence-electron chi connectivity index (χ4n) is 1.80.